The van der Waals surface area contributed by atoms with Gasteiger partial charge in [-0.25, -0.2) is 4.98 Å². The van der Waals surface area contributed by atoms with Gasteiger partial charge in [0.2, 0.25) is 0 Å². The molecule has 0 saturated heterocycles. The Morgan fingerprint density at radius 1 is 0.892 bits per heavy atom. The van der Waals surface area contributed by atoms with E-state index in [-0.39, 0.29) is 5.56 Å². The van der Waals surface area contributed by atoms with Gasteiger partial charge < -0.3 is 10.1 Å². The van der Waals surface area contributed by atoms with Gasteiger partial charge in [0.1, 0.15) is 11.5 Å². The number of hydrogen-bond donors (Lipinski definition) is 1. The molecule has 0 radical (unpaired) electrons. The van der Waals surface area contributed by atoms with E-state index in [1.165, 1.54) is 6.07 Å². The maximum Gasteiger partial charge on any atom is 0.417 e. The van der Waals surface area contributed by atoms with Crippen molar-refractivity contribution in [1.82, 2.24) is 15.0 Å². The monoisotopic (exact) mass is 520 g/mol. The second kappa shape index (κ2) is 9.87. The Labute approximate surface area is 213 Å². The van der Waals surface area contributed by atoms with Crippen LogP contribution in [0.2, 0.25) is 5.02 Å². The van der Waals surface area contributed by atoms with Gasteiger partial charge in [-0.15, -0.1) is 0 Å². The first-order chi connectivity index (χ1) is 17.8. The molecule has 5 aromatic rings. The van der Waals surface area contributed by atoms with E-state index in [1.807, 2.05) is 12.1 Å². The molecule has 0 fully saturated rings. The van der Waals surface area contributed by atoms with E-state index < -0.39 is 22.7 Å². The number of halogens is 4. The van der Waals surface area contributed by atoms with E-state index >= 15 is 0 Å². The van der Waals surface area contributed by atoms with Gasteiger partial charge in [0, 0.05) is 35.3 Å². The van der Waals surface area contributed by atoms with E-state index in [9.17, 15) is 18.0 Å². The van der Waals surface area contributed by atoms with Crippen molar-refractivity contribution in [1.29, 1.82) is 0 Å². The van der Waals surface area contributed by atoms with Gasteiger partial charge in [-0.05, 0) is 66.7 Å². The molecule has 0 saturated carbocycles. The fourth-order valence-electron chi connectivity index (χ4n) is 3.54. The van der Waals surface area contributed by atoms with Crippen LogP contribution in [0, 0.1) is 0 Å². The largest absolute Gasteiger partial charge is 0.457 e. The van der Waals surface area contributed by atoms with Crippen LogP contribution >= 0.6 is 11.6 Å². The van der Waals surface area contributed by atoms with Gasteiger partial charge in [0.25, 0.3) is 5.91 Å². The zero-order chi connectivity index (χ0) is 26.0. The van der Waals surface area contributed by atoms with Gasteiger partial charge in [0.15, 0.2) is 0 Å². The molecule has 184 valence electrons. The fourth-order valence-corrected chi connectivity index (χ4v) is 3.76. The number of carbonyl (C=O) groups is 1. The van der Waals surface area contributed by atoms with Gasteiger partial charge in [-0.1, -0.05) is 11.6 Å². The standard InChI is InChI=1S/C27H16ClF3N4O2/c28-22-9-3-16(12-21(22)27(29,30)31)26(36)34-18-4-6-19(7-5-18)37-20-8-10-23-24(13-20)35-25(15-33-23)17-2-1-11-32-14-17/h1-15H,(H,34,36). The minimum absolute atomic E-state index is 0.167. The first kappa shape index (κ1) is 24.2. The van der Waals surface area contributed by atoms with Gasteiger partial charge in [-0.2, -0.15) is 13.2 Å². The number of amides is 1. The van der Waals surface area contributed by atoms with Crippen molar-refractivity contribution in [3.63, 3.8) is 0 Å². The first-order valence-corrected chi connectivity index (χ1v) is 11.3. The van der Waals surface area contributed by atoms with Crippen LogP contribution in [0.1, 0.15) is 15.9 Å². The summed E-state index contributed by atoms with van der Waals surface area (Å²) in [6.45, 7) is 0. The molecule has 0 aliphatic carbocycles. The lowest BCUT2D eigenvalue weighted by molar-refractivity contribution is -0.137. The second-order valence-corrected chi connectivity index (χ2v) is 8.33. The minimum atomic E-state index is -4.67. The topological polar surface area (TPSA) is 77.0 Å². The summed E-state index contributed by atoms with van der Waals surface area (Å²) in [5.41, 5.74) is 2.01. The summed E-state index contributed by atoms with van der Waals surface area (Å²) in [6.07, 6.45) is 0.405. The Balaban J connectivity index is 1.30. The van der Waals surface area contributed by atoms with Crippen molar-refractivity contribution < 1.29 is 22.7 Å². The smallest absolute Gasteiger partial charge is 0.417 e. The Morgan fingerprint density at radius 2 is 1.68 bits per heavy atom. The lowest BCUT2D eigenvalue weighted by atomic mass is 10.1. The molecule has 37 heavy (non-hydrogen) atoms. The maximum absolute atomic E-state index is 13.1. The number of pyridine rings is 1. The number of anilines is 1. The summed E-state index contributed by atoms with van der Waals surface area (Å²) in [5.74, 6) is 0.315. The number of benzene rings is 3. The molecule has 5 rings (SSSR count). The van der Waals surface area contributed by atoms with E-state index in [0.717, 1.165) is 17.7 Å². The lowest BCUT2D eigenvalue weighted by Crippen LogP contribution is -2.14. The number of carbonyl (C=O) groups excluding carboxylic acids is 1. The highest BCUT2D eigenvalue weighted by Gasteiger charge is 2.33. The average Bonchev–Trinajstić information content (AvgIpc) is 2.89. The van der Waals surface area contributed by atoms with Crippen LogP contribution in [0.4, 0.5) is 18.9 Å². The Morgan fingerprint density at radius 3 is 2.41 bits per heavy atom. The summed E-state index contributed by atoms with van der Waals surface area (Å²) in [7, 11) is 0. The third-order valence-electron chi connectivity index (χ3n) is 5.35. The minimum Gasteiger partial charge on any atom is -0.457 e. The highest BCUT2D eigenvalue weighted by molar-refractivity contribution is 6.31. The van der Waals surface area contributed by atoms with Crippen LogP contribution in [0.3, 0.4) is 0 Å². The number of rotatable bonds is 5. The quantitative estimate of drug-likeness (QED) is 0.261. The number of nitrogens with zero attached hydrogens (tertiary/aromatic N) is 3. The molecule has 6 nitrogen and oxygen atoms in total. The predicted octanol–water partition coefficient (Wildman–Crippen LogP) is 7.41. The summed E-state index contributed by atoms with van der Waals surface area (Å²) in [4.78, 5) is 25.6. The van der Waals surface area contributed by atoms with Crippen LogP contribution in [0.5, 0.6) is 11.5 Å². The molecule has 0 aliphatic heterocycles. The van der Waals surface area contributed by atoms with E-state index in [1.54, 1.807) is 61.1 Å². The zero-order valence-electron chi connectivity index (χ0n) is 18.8. The van der Waals surface area contributed by atoms with Crippen molar-refractivity contribution in [2.24, 2.45) is 0 Å². The summed E-state index contributed by atoms with van der Waals surface area (Å²) in [5, 5.41) is 2.09. The highest BCUT2D eigenvalue weighted by Crippen LogP contribution is 2.35. The Bertz CT molecular complexity index is 1590. The number of aromatic nitrogens is 3. The molecule has 2 aromatic heterocycles. The summed E-state index contributed by atoms with van der Waals surface area (Å²) in [6, 6.07) is 18.4. The molecule has 0 unspecified atom stereocenters. The third kappa shape index (κ3) is 5.52. The number of fused-ring (bicyclic) bond motifs is 1. The second-order valence-electron chi connectivity index (χ2n) is 7.92. The van der Waals surface area contributed by atoms with Crippen LogP contribution < -0.4 is 10.1 Å². The summed E-state index contributed by atoms with van der Waals surface area (Å²) < 4.78 is 45.2. The lowest BCUT2D eigenvalue weighted by Gasteiger charge is -2.12. The average molecular weight is 521 g/mol. The van der Waals surface area contributed by atoms with Gasteiger partial charge in [-0.3, -0.25) is 14.8 Å². The van der Waals surface area contributed by atoms with E-state index in [0.29, 0.717) is 33.9 Å². The van der Waals surface area contributed by atoms with E-state index in [2.05, 4.69) is 20.3 Å². The fraction of sp³-hybridized carbons (Fsp3) is 0.0370. The van der Waals surface area contributed by atoms with Crippen LogP contribution in [0.15, 0.2) is 91.4 Å². The number of hydrogen-bond acceptors (Lipinski definition) is 5. The van der Waals surface area contributed by atoms with Crippen LogP contribution in [0.25, 0.3) is 22.3 Å². The van der Waals surface area contributed by atoms with Gasteiger partial charge in [0.05, 0.1) is 33.5 Å². The molecule has 1 N–H and O–H groups in total. The van der Waals surface area contributed by atoms with Crippen molar-refractivity contribution >= 4 is 34.2 Å². The van der Waals surface area contributed by atoms with Gasteiger partial charge >= 0.3 is 6.18 Å². The molecule has 0 spiro atoms. The molecule has 3 aromatic carbocycles. The summed E-state index contributed by atoms with van der Waals surface area (Å²) >= 11 is 5.62. The van der Waals surface area contributed by atoms with Crippen molar-refractivity contribution in [2.45, 2.75) is 6.18 Å². The van der Waals surface area contributed by atoms with Crippen LogP contribution in [-0.2, 0) is 6.18 Å². The maximum atomic E-state index is 13.1. The zero-order valence-corrected chi connectivity index (χ0v) is 19.6. The Kier molecular flexibility index (Phi) is 6.45. The molecule has 1 amide bonds. The molecule has 0 aliphatic rings. The predicted molar refractivity (Wildman–Crippen MR) is 134 cm³/mol. The SMILES string of the molecule is O=C(Nc1ccc(Oc2ccc3ncc(-c4cccnc4)nc3c2)cc1)c1ccc(Cl)c(C(F)(F)F)c1. The normalized spacial score (nSPS) is 11.4. The van der Waals surface area contributed by atoms with Crippen molar-refractivity contribution in [3.8, 4) is 22.8 Å². The third-order valence-corrected chi connectivity index (χ3v) is 5.68. The van der Waals surface area contributed by atoms with E-state index in [4.69, 9.17) is 16.3 Å². The molecular weight excluding hydrogens is 505 g/mol. The molecule has 10 heteroatoms. The van der Waals surface area contributed by atoms with Crippen molar-refractivity contribution in [3.05, 3.63) is 108 Å². The molecule has 2 heterocycles. The Hall–Kier alpha value is -4.50. The first-order valence-electron chi connectivity index (χ1n) is 10.9. The molecular formula is C27H16ClF3N4O2. The number of ether oxygens (including phenoxy) is 1. The molecule has 0 bridgehead atoms. The number of nitrogens with one attached hydrogen (secondary N) is 1. The van der Waals surface area contributed by atoms with Crippen molar-refractivity contribution in [2.75, 3.05) is 5.32 Å². The molecule has 0 atom stereocenters. The van der Waals surface area contributed by atoms with Crippen LogP contribution in [-0.4, -0.2) is 20.9 Å². The highest BCUT2D eigenvalue weighted by atomic mass is 35.5. The number of alkyl halides is 3.